The molecule has 1 aromatic carbocycles. The topological polar surface area (TPSA) is 58.2 Å². The highest BCUT2D eigenvalue weighted by molar-refractivity contribution is 7.92. The van der Waals surface area contributed by atoms with Gasteiger partial charge < -0.3 is 5.32 Å². The Labute approximate surface area is 107 Å². The van der Waals surface area contributed by atoms with Crippen LogP contribution < -0.4 is 10.0 Å². The van der Waals surface area contributed by atoms with E-state index in [1.54, 1.807) is 6.92 Å². The van der Waals surface area contributed by atoms with Crippen molar-refractivity contribution in [2.45, 2.75) is 25.8 Å². The van der Waals surface area contributed by atoms with E-state index in [9.17, 15) is 12.8 Å². The molecular formula is C12H17FN2O2S. The van der Waals surface area contributed by atoms with Gasteiger partial charge in [-0.15, -0.1) is 0 Å². The van der Waals surface area contributed by atoms with Gasteiger partial charge in [0.2, 0.25) is 10.0 Å². The highest BCUT2D eigenvalue weighted by Gasteiger charge is 2.22. The minimum atomic E-state index is -3.39. The van der Waals surface area contributed by atoms with Gasteiger partial charge in [-0.2, -0.15) is 0 Å². The maximum atomic E-state index is 12.9. The normalized spacial score (nSPS) is 20.0. The summed E-state index contributed by atoms with van der Waals surface area (Å²) in [4.78, 5) is 0. The molecule has 0 bridgehead atoms. The molecule has 2 rings (SSSR count). The van der Waals surface area contributed by atoms with Gasteiger partial charge in [0.15, 0.2) is 0 Å². The van der Waals surface area contributed by atoms with Gasteiger partial charge in [-0.1, -0.05) is 0 Å². The lowest BCUT2D eigenvalue weighted by molar-refractivity contribution is 0.581. The van der Waals surface area contributed by atoms with E-state index in [1.165, 1.54) is 18.2 Å². The number of benzene rings is 1. The lowest BCUT2D eigenvalue weighted by Crippen LogP contribution is -2.32. The zero-order valence-corrected chi connectivity index (χ0v) is 11.1. The van der Waals surface area contributed by atoms with Gasteiger partial charge in [-0.05, 0) is 50.1 Å². The molecule has 0 spiro atoms. The van der Waals surface area contributed by atoms with Gasteiger partial charge in [0.1, 0.15) is 5.82 Å². The number of rotatable bonds is 4. The summed E-state index contributed by atoms with van der Waals surface area (Å²) in [5.41, 5.74) is 1.02. The number of sulfonamides is 1. The molecule has 0 aromatic heterocycles. The van der Waals surface area contributed by atoms with Crippen LogP contribution in [-0.2, 0) is 10.0 Å². The third kappa shape index (κ3) is 3.43. The number of nitrogens with one attached hydrogen (secondary N) is 2. The summed E-state index contributed by atoms with van der Waals surface area (Å²) < 4.78 is 39.3. The van der Waals surface area contributed by atoms with E-state index in [2.05, 4.69) is 10.0 Å². The summed E-state index contributed by atoms with van der Waals surface area (Å²) >= 11 is 0. The lowest BCUT2D eigenvalue weighted by Gasteiger charge is -2.14. The molecule has 0 amide bonds. The third-order valence-electron chi connectivity index (χ3n) is 3.04. The molecule has 100 valence electrons. The molecule has 18 heavy (non-hydrogen) atoms. The second-order valence-corrected chi connectivity index (χ2v) is 6.40. The first-order valence-corrected chi connectivity index (χ1v) is 7.61. The molecule has 4 nitrogen and oxygen atoms in total. The van der Waals surface area contributed by atoms with Crippen LogP contribution in [0.25, 0.3) is 0 Å². The lowest BCUT2D eigenvalue weighted by atomic mass is 10.2. The molecule has 1 saturated heterocycles. The zero-order chi connectivity index (χ0) is 13.2. The first-order chi connectivity index (χ1) is 8.46. The van der Waals surface area contributed by atoms with Crippen LogP contribution in [0.5, 0.6) is 0 Å². The standard InChI is InChI=1S/C12H17FN2O2S/c1-9-7-10(13)4-5-12(9)15-18(16,17)8-11-3-2-6-14-11/h4-5,7,11,14-15H,2-3,6,8H2,1H3. The van der Waals surface area contributed by atoms with Crippen molar-refractivity contribution >= 4 is 15.7 Å². The fraction of sp³-hybridized carbons (Fsp3) is 0.500. The summed E-state index contributed by atoms with van der Waals surface area (Å²) in [6.45, 7) is 2.55. The Kier molecular flexibility index (Phi) is 3.87. The maximum Gasteiger partial charge on any atom is 0.234 e. The van der Waals surface area contributed by atoms with Gasteiger partial charge in [-0.3, -0.25) is 4.72 Å². The molecule has 0 radical (unpaired) electrons. The molecule has 1 unspecified atom stereocenters. The number of hydrogen-bond acceptors (Lipinski definition) is 3. The van der Waals surface area contributed by atoms with E-state index >= 15 is 0 Å². The van der Waals surface area contributed by atoms with Gasteiger partial charge >= 0.3 is 0 Å². The van der Waals surface area contributed by atoms with Gasteiger partial charge in [0.25, 0.3) is 0 Å². The number of anilines is 1. The minimum Gasteiger partial charge on any atom is -0.313 e. The van der Waals surface area contributed by atoms with Gasteiger partial charge in [0, 0.05) is 6.04 Å². The minimum absolute atomic E-state index is 0.0169. The Morgan fingerprint density at radius 3 is 2.89 bits per heavy atom. The van der Waals surface area contributed by atoms with Gasteiger partial charge in [-0.25, -0.2) is 12.8 Å². The SMILES string of the molecule is Cc1cc(F)ccc1NS(=O)(=O)CC1CCCN1. The fourth-order valence-corrected chi connectivity index (χ4v) is 3.58. The molecule has 1 aliphatic rings. The second-order valence-electron chi connectivity index (χ2n) is 4.64. The number of hydrogen-bond donors (Lipinski definition) is 2. The summed E-state index contributed by atoms with van der Waals surface area (Å²) in [6, 6.07) is 4.03. The molecule has 1 aromatic rings. The highest BCUT2D eigenvalue weighted by atomic mass is 32.2. The van der Waals surface area contributed by atoms with E-state index in [-0.39, 0.29) is 17.6 Å². The van der Waals surface area contributed by atoms with Crippen LogP contribution in [0.2, 0.25) is 0 Å². The van der Waals surface area contributed by atoms with E-state index in [1.807, 2.05) is 0 Å². The molecule has 1 heterocycles. The first-order valence-electron chi connectivity index (χ1n) is 5.96. The Bertz CT molecular complexity index is 525. The highest BCUT2D eigenvalue weighted by Crippen LogP contribution is 2.18. The average Bonchev–Trinajstić information content (AvgIpc) is 2.74. The van der Waals surface area contributed by atoms with Crippen molar-refractivity contribution in [2.24, 2.45) is 0 Å². The quantitative estimate of drug-likeness (QED) is 0.876. The van der Waals surface area contributed by atoms with Crippen LogP contribution in [0, 0.1) is 12.7 Å². The monoisotopic (exact) mass is 272 g/mol. The van der Waals surface area contributed by atoms with Crippen molar-refractivity contribution in [3.63, 3.8) is 0 Å². The molecule has 0 saturated carbocycles. The van der Waals surface area contributed by atoms with Gasteiger partial charge in [0.05, 0.1) is 11.4 Å². The summed E-state index contributed by atoms with van der Waals surface area (Å²) in [5.74, 6) is -0.308. The largest absolute Gasteiger partial charge is 0.313 e. The summed E-state index contributed by atoms with van der Waals surface area (Å²) in [6.07, 6.45) is 1.89. The molecule has 2 N–H and O–H groups in total. The van der Waals surface area contributed by atoms with Crippen LogP contribution in [-0.4, -0.2) is 26.8 Å². The fourth-order valence-electron chi connectivity index (χ4n) is 2.11. The first kappa shape index (κ1) is 13.3. The van der Waals surface area contributed by atoms with Crippen molar-refractivity contribution in [1.29, 1.82) is 0 Å². The number of aryl methyl sites for hydroxylation is 1. The molecule has 1 atom stereocenters. The van der Waals surface area contributed by atoms with Crippen molar-refractivity contribution in [1.82, 2.24) is 5.32 Å². The second kappa shape index (κ2) is 5.24. The van der Waals surface area contributed by atoms with Crippen LogP contribution >= 0.6 is 0 Å². The summed E-state index contributed by atoms with van der Waals surface area (Å²) in [7, 11) is -3.39. The average molecular weight is 272 g/mol. The van der Waals surface area contributed by atoms with Crippen molar-refractivity contribution < 1.29 is 12.8 Å². The Morgan fingerprint density at radius 1 is 1.50 bits per heavy atom. The molecule has 6 heteroatoms. The summed E-state index contributed by atoms with van der Waals surface area (Å²) in [5, 5.41) is 3.14. The molecular weight excluding hydrogens is 255 g/mol. The third-order valence-corrected chi connectivity index (χ3v) is 4.41. The molecule has 1 fully saturated rings. The van der Waals surface area contributed by atoms with E-state index in [0.29, 0.717) is 11.3 Å². The van der Waals surface area contributed by atoms with Crippen molar-refractivity contribution in [3.8, 4) is 0 Å². The molecule has 1 aliphatic heterocycles. The van der Waals surface area contributed by atoms with Crippen LogP contribution in [0.1, 0.15) is 18.4 Å². The van der Waals surface area contributed by atoms with Crippen LogP contribution in [0.4, 0.5) is 10.1 Å². The smallest absolute Gasteiger partial charge is 0.234 e. The van der Waals surface area contributed by atoms with E-state index in [0.717, 1.165) is 19.4 Å². The Morgan fingerprint density at radius 2 is 2.28 bits per heavy atom. The zero-order valence-electron chi connectivity index (χ0n) is 10.2. The van der Waals surface area contributed by atoms with Crippen LogP contribution in [0.15, 0.2) is 18.2 Å². The maximum absolute atomic E-state index is 12.9. The van der Waals surface area contributed by atoms with E-state index < -0.39 is 10.0 Å². The predicted octanol–water partition coefficient (Wildman–Crippen LogP) is 1.63. The van der Waals surface area contributed by atoms with E-state index in [4.69, 9.17) is 0 Å². The van der Waals surface area contributed by atoms with Crippen LogP contribution in [0.3, 0.4) is 0 Å². The van der Waals surface area contributed by atoms with Crippen molar-refractivity contribution in [3.05, 3.63) is 29.6 Å². The predicted molar refractivity (Wildman–Crippen MR) is 69.6 cm³/mol. The Hall–Kier alpha value is -1.14. The Balaban J connectivity index is 2.07. The molecule has 0 aliphatic carbocycles. The van der Waals surface area contributed by atoms with Crippen molar-refractivity contribution in [2.75, 3.05) is 17.0 Å². The number of halogens is 1.